The second kappa shape index (κ2) is 9.57. The smallest absolute Gasteiger partial charge is 0.119 e. The van der Waals surface area contributed by atoms with Gasteiger partial charge in [0.1, 0.15) is 11.5 Å². The SMILES string of the molecule is CCOc1ccc(-c2cc3c(C)c4c(c(C)c3cc2-c2ccc(OCC)cc2)-c2cccc3cccc-4c23)cc1. The molecule has 0 aliphatic heterocycles. The third-order valence-corrected chi connectivity index (χ3v) is 8.36. The molecule has 6 aromatic carbocycles. The minimum Gasteiger partial charge on any atom is -0.494 e. The lowest BCUT2D eigenvalue weighted by Gasteiger charge is -2.19. The van der Waals surface area contributed by atoms with Gasteiger partial charge in [-0.25, -0.2) is 0 Å². The minimum absolute atomic E-state index is 0.658. The largest absolute Gasteiger partial charge is 0.494 e. The van der Waals surface area contributed by atoms with Gasteiger partial charge in [-0.2, -0.15) is 0 Å². The molecule has 1 aliphatic rings. The molecule has 0 fully saturated rings. The van der Waals surface area contributed by atoms with E-state index in [4.69, 9.17) is 9.47 Å². The van der Waals surface area contributed by atoms with E-state index < -0.39 is 0 Å². The van der Waals surface area contributed by atoms with Crippen LogP contribution in [0.15, 0.2) is 97.1 Å². The molecule has 0 bridgehead atoms. The first-order valence-electron chi connectivity index (χ1n) is 14.2. The van der Waals surface area contributed by atoms with Gasteiger partial charge in [0.15, 0.2) is 0 Å². The van der Waals surface area contributed by atoms with Crippen LogP contribution >= 0.6 is 0 Å². The zero-order chi connectivity index (χ0) is 27.4. The van der Waals surface area contributed by atoms with Crippen LogP contribution in [0.5, 0.6) is 11.5 Å². The van der Waals surface area contributed by atoms with E-state index >= 15 is 0 Å². The average Bonchev–Trinajstić information content (AvgIpc) is 3.33. The normalized spacial score (nSPS) is 11.7. The lowest BCUT2D eigenvalue weighted by atomic mass is 9.84. The maximum Gasteiger partial charge on any atom is 0.119 e. The van der Waals surface area contributed by atoms with Gasteiger partial charge < -0.3 is 9.47 Å². The van der Waals surface area contributed by atoms with Gasteiger partial charge >= 0.3 is 0 Å². The monoisotopic (exact) mass is 520 g/mol. The molecule has 1 aliphatic carbocycles. The average molecular weight is 521 g/mol. The summed E-state index contributed by atoms with van der Waals surface area (Å²) in [4.78, 5) is 0. The van der Waals surface area contributed by atoms with Crippen molar-refractivity contribution < 1.29 is 9.47 Å². The van der Waals surface area contributed by atoms with E-state index in [1.165, 1.54) is 77.2 Å². The van der Waals surface area contributed by atoms with Crippen molar-refractivity contribution in [1.29, 1.82) is 0 Å². The maximum atomic E-state index is 5.75. The number of rotatable bonds is 6. The molecule has 0 spiro atoms. The molecule has 2 heteroatoms. The number of aryl methyl sites for hydroxylation is 2. The van der Waals surface area contributed by atoms with Crippen LogP contribution in [-0.4, -0.2) is 13.2 Å². The summed E-state index contributed by atoms with van der Waals surface area (Å²) >= 11 is 0. The van der Waals surface area contributed by atoms with Crippen LogP contribution in [0, 0.1) is 13.8 Å². The van der Waals surface area contributed by atoms with Crippen molar-refractivity contribution >= 4 is 21.5 Å². The van der Waals surface area contributed by atoms with Gasteiger partial charge in [0.25, 0.3) is 0 Å². The second-order valence-corrected chi connectivity index (χ2v) is 10.6. The zero-order valence-corrected chi connectivity index (χ0v) is 23.5. The molecule has 0 amide bonds. The molecule has 0 aromatic heterocycles. The summed E-state index contributed by atoms with van der Waals surface area (Å²) in [7, 11) is 0. The highest BCUT2D eigenvalue weighted by Crippen LogP contribution is 2.53. The standard InChI is InChI=1S/C38H32O2/c1-5-39-28-17-13-25(14-18-28)34-21-32-23(3)36-30-11-7-9-27-10-8-12-31(38(27)30)37(36)24(4)33(32)22-35(34)26-15-19-29(20-16-26)40-6-2/h7-22H,5-6H2,1-4H3. The summed E-state index contributed by atoms with van der Waals surface area (Å²) in [6.07, 6.45) is 0. The van der Waals surface area contributed by atoms with Crippen LogP contribution in [0.4, 0.5) is 0 Å². The van der Waals surface area contributed by atoms with E-state index in [2.05, 4.69) is 111 Å². The number of hydrogen-bond acceptors (Lipinski definition) is 2. The molecule has 0 heterocycles. The van der Waals surface area contributed by atoms with Crippen LogP contribution in [0.2, 0.25) is 0 Å². The van der Waals surface area contributed by atoms with Crippen LogP contribution in [-0.2, 0) is 0 Å². The predicted octanol–water partition coefficient (Wildman–Crippen LogP) is 10.4. The Balaban J connectivity index is 1.52. The molecular formula is C38H32O2. The fourth-order valence-corrected chi connectivity index (χ4v) is 6.57. The number of benzene rings is 6. The summed E-state index contributed by atoms with van der Waals surface area (Å²) in [5, 5.41) is 5.29. The maximum absolute atomic E-state index is 5.75. The van der Waals surface area contributed by atoms with Crippen molar-refractivity contribution in [2.75, 3.05) is 13.2 Å². The number of ether oxygens (including phenoxy) is 2. The Morgan fingerprint density at radius 1 is 0.500 bits per heavy atom. The number of fused-ring (bicyclic) bond motifs is 4. The molecule has 196 valence electrons. The van der Waals surface area contributed by atoms with Gasteiger partial charge in [0, 0.05) is 0 Å². The molecule has 40 heavy (non-hydrogen) atoms. The Bertz CT molecular complexity index is 1780. The Labute approximate surface area is 235 Å². The summed E-state index contributed by atoms with van der Waals surface area (Å²) in [6, 6.07) is 35.2. The summed E-state index contributed by atoms with van der Waals surface area (Å²) in [5.74, 6) is 1.79. The van der Waals surface area contributed by atoms with Crippen LogP contribution in [0.25, 0.3) is 66.1 Å². The molecule has 0 N–H and O–H groups in total. The fraction of sp³-hybridized carbons (Fsp3) is 0.158. The van der Waals surface area contributed by atoms with Crippen LogP contribution < -0.4 is 9.47 Å². The highest BCUT2D eigenvalue weighted by Gasteiger charge is 2.27. The van der Waals surface area contributed by atoms with E-state index in [0.717, 1.165) is 11.5 Å². The molecule has 2 nitrogen and oxygen atoms in total. The van der Waals surface area contributed by atoms with E-state index in [9.17, 15) is 0 Å². The Morgan fingerprint density at radius 3 is 1.32 bits per heavy atom. The van der Waals surface area contributed by atoms with Crippen LogP contribution in [0.3, 0.4) is 0 Å². The van der Waals surface area contributed by atoms with Gasteiger partial charge in [-0.3, -0.25) is 0 Å². The Hall–Kier alpha value is -4.56. The fourth-order valence-electron chi connectivity index (χ4n) is 6.57. The van der Waals surface area contributed by atoms with Crippen molar-refractivity contribution in [3.8, 4) is 56.0 Å². The molecule has 0 saturated heterocycles. The third-order valence-electron chi connectivity index (χ3n) is 8.36. The quantitative estimate of drug-likeness (QED) is 0.217. The predicted molar refractivity (Wildman–Crippen MR) is 169 cm³/mol. The molecular weight excluding hydrogens is 488 g/mol. The Kier molecular flexibility index (Phi) is 5.86. The molecule has 0 unspecified atom stereocenters. The number of hydrogen-bond donors (Lipinski definition) is 0. The van der Waals surface area contributed by atoms with Gasteiger partial charge in [-0.1, -0.05) is 60.7 Å². The van der Waals surface area contributed by atoms with Crippen molar-refractivity contribution in [1.82, 2.24) is 0 Å². The first-order chi connectivity index (χ1) is 19.6. The topological polar surface area (TPSA) is 18.5 Å². The van der Waals surface area contributed by atoms with E-state index in [1.54, 1.807) is 0 Å². The van der Waals surface area contributed by atoms with Crippen molar-refractivity contribution in [2.45, 2.75) is 27.7 Å². The molecule has 7 rings (SSSR count). The zero-order valence-electron chi connectivity index (χ0n) is 23.5. The van der Waals surface area contributed by atoms with Crippen molar-refractivity contribution in [3.63, 3.8) is 0 Å². The second-order valence-electron chi connectivity index (χ2n) is 10.6. The molecule has 0 saturated carbocycles. The van der Waals surface area contributed by atoms with Crippen LogP contribution in [0.1, 0.15) is 25.0 Å². The van der Waals surface area contributed by atoms with E-state index in [1.807, 2.05) is 13.8 Å². The van der Waals surface area contributed by atoms with Gasteiger partial charge in [-0.05, 0) is 141 Å². The molecule has 0 atom stereocenters. The van der Waals surface area contributed by atoms with E-state index in [-0.39, 0.29) is 0 Å². The van der Waals surface area contributed by atoms with Crippen molar-refractivity contribution in [2.24, 2.45) is 0 Å². The summed E-state index contributed by atoms with van der Waals surface area (Å²) < 4.78 is 11.5. The van der Waals surface area contributed by atoms with E-state index in [0.29, 0.717) is 13.2 Å². The lowest BCUT2D eigenvalue weighted by molar-refractivity contribution is 0.340. The highest BCUT2D eigenvalue weighted by molar-refractivity contribution is 6.20. The van der Waals surface area contributed by atoms with Gasteiger partial charge in [0.2, 0.25) is 0 Å². The Morgan fingerprint density at radius 2 is 0.925 bits per heavy atom. The molecule has 0 radical (unpaired) electrons. The first-order valence-corrected chi connectivity index (χ1v) is 14.2. The third kappa shape index (κ3) is 3.71. The highest BCUT2D eigenvalue weighted by atomic mass is 16.5. The molecule has 6 aromatic rings. The summed E-state index contributed by atoms with van der Waals surface area (Å²) in [5.41, 5.74) is 12.9. The van der Waals surface area contributed by atoms with Gasteiger partial charge in [-0.15, -0.1) is 0 Å². The first kappa shape index (κ1) is 24.5. The van der Waals surface area contributed by atoms with Gasteiger partial charge in [0.05, 0.1) is 13.2 Å². The minimum atomic E-state index is 0.658. The van der Waals surface area contributed by atoms with Crippen molar-refractivity contribution in [3.05, 3.63) is 108 Å². The summed E-state index contributed by atoms with van der Waals surface area (Å²) in [6.45, 7) is 9.94. The lowest BCUT2D eigenvalue weighted by Crippen LogP contribution is -1.95.